The van der Waals surface area contributed by atoms with Gasteiger partial charge < -0.3 is 5.32 Å². The second-order valence-electron chi connectivity index (χ2n) is 6.56. The van der Waals surface area contributed by atoms with Gasteiger partial charge in [-0.1, -0.05) is 50.8 Å². The zero-order valence-electron chi connectivity index (χ0n) is 12.2. The molecule has 2 saturated carbocycles. The van der Waals surface area contributed by atoms with Crippen molar-refractivity contribution in [3.05, 3.63) is 0 Å². The van der Waals surface area contributed by atoms with Crippen LogP contribution in [0.25, 0.3) is 0 Å². The van der Waals surface area contributed by atoms with Crippen LogP contribution in [-0.4, -0.2) is 23.0 Å². The van der Waals surface area contributed by atoms with Gasteiger partial charge in [0.05, 0.1) is 6.04 Å². The van der Waals surface area contributed by atoms with E-state index < -0.39 is 0 Å². The molecule has 0 bridgehead atoms. The standard InChI is InChI=1S/C16H28N2S/c1-2-12-7-3-5-9-14(12)17-16-18-15-10-6-4-8-13(15)11-19-16/h12-15H,2-11H2,1H3,(H,17,18). The molecule has 0 saturated heterocycles. The van der Waals surface area contributed by atoms with E-state index >= 15 is 0 Å². The maximum atomic E-state index is 5.04. The van der Waals surface area contributed by atoms with Gasteiger partial charge in [0.1, 0.15) is 0 Å². The Hall–Kier alpha value is -0.180. The van der Waals surface area contributed by atoms with Gasteiger partial charge in [-0.05, 0) is 37.5 Å². The number of nitrogens with zero attached hydrogens (tertiary/aromatic N) is 1. The molecule has 1 aliphatic heterocycles. The molecule has 0 aromatic carbocycles. The van der Waals surface area contributed by atoms with Gasteiger partial charge in [-0.25, -0.2) is 0 Å². The van der Waals surface area contributed by atoms with E-state index in [4.69, 9.17) is 4.99 Å². The van der Waals surface area contributed by atoms with Crippen LogP contribution in [0.5, 0.6) is 0 Å². The van der Waals surface area contributed by atoms with Crippen LogP contribution < -0.4 is 5.32 Å². The molecule has 2 aliphatic carbocycles. The van der Waals surface area contributed by atoms with Crippen LogP contribution in [0.4, 0.5) is 0 Å². The Morgan fingerprint density at radius 3 is 2.79 bits per heavy atom. The molecule has 4 unspecified atom stereocenters. The maximum Gasteiger partial charge on any atom is 0.157 e. The molecule has 3 heteroatoms. The van der Waals surface area contributed by atoms with Gasteiger partial charge >= 0.3 is 0 Å². The third-order valence-electron chi connectivity index (χ3n) is 5.33. The van der Waals surface area contributed by atoms with Crippen LogP contribution in [0, 0.1) is 11.8 Å². The summed E-state index contributed by atoms with van der Waals surface area (Å²) < 4.78 is 0. The molecular formula is C16H28N2S. The predicted molar refractivity (Wildman–Crippen MR) is 84.8 cm³/mol. The molecule has 1 heterocycles. The summed E-state index contributed by atoms with van der Waals surface area (Å²) in [4.78, 5) is 5.04. The first-order valence-electron chi connectivity index (χ1n) is 8.34. The van der Waals surface area contributed by atoms with E-state index in [1.54, 1.807) is 0 Å². The highest BCUT2D eigenvalue weighted by molar-refractivity contribution is 8.13. The summed E-state index contributed by atoms with van der Waals surface area (Å²) in [6.45, 7) is 2.34. The lowest BCUT2D eigenvalue weighted by Gasteiger charge is -2.36. The highest BCUT2D eigenvalue weighted by Crippen LogP contribution is 2.34. The number of aliphatic imine (C=N–C) groups is 1. The fraction of sp³-hybridized carbons (Fsp3) is 0.938. The van der Waals surface area contributed by atoms with E-state index in [0.717, 1.165) is 11.8 Å². The normalized spacial score (nSPS) is 39.3. The molecule has 108 valence electrons. The topological polar surface area (TPSA) is 24.4 Å². The average Bonchev–Trinajstić information content (AvgIpc) is 2.48. The van der Waals surface area contributed by atoms with E-state index in [1.807, 2.05) is 11.8 Å². The summed E-state index contributed by atoms with van der Waals surface area (Å²) in [5.41, 5.74) is 0. The molecule has 19 heavy (non-hydrogen) atoms. The van der Waals surface area contributed by atoms with Crippen molar-refractivity contribution in [1.29, 1.82) is 0 Å². The number of amidine groups is 1. The Morgan fingerprint density at radius 2 is 1.89 bits per heavy atom. The quantitative estimate of drug-likeness (QED) is 0.819. The smallest absolute Gasteiger partial charge is 0.157 e. The third kappa shape index (κ3) is 3.29. The summed E-state index contributed by atoms with van der Waals surface area (Å²) in [6, 6.07) is 1.34. The summed E-state index contributed by atoms with van der Waals surface area (Å²) in [5, 5.41) is 5.08. The Kier molecular flexibility index (Phi) is 4.73. The lowest BCUT2D eigenvalue weighted by molar-refractivity contribution is 0.279. The lowest BCUT2D eigenvalue weighted by Crippen LogP contribution is -2.43. The Labute approximate surface area is 122 Å². The van der Waals surface area contributed by atoms with Crippen LogP contribution in [0.1, 0.15) is 64.7 Å². The summed E-state index contributed by atoms with van der Waals surface area (Å²) >= 11 is 1.99. The fourth-order valence-corrected chi connectivity index (χ4v) is 5.26. The minimum absolute atomic E-state index is 0.640. The first-order chi connectivity index (χ1) is 9.36. The van der Waals surface area contributed by atoms with Gasteiger partial charge in [0.2, 0.25) is 0 Å². The number of fused-ring (bicyclic) bond motifs is 1. The molecule has 0 amide bonds. The Morgan fingerprint density at radius 1 is 1.11 bits per heavy atom. The molecule has 0 aromatic rings. The van der Waals surface area contributed by atoms with Crippen molar-refractivity contribution in [3.8, 4) is 0 Å². The zero-order chi connectivity index (χ0) is 13.1. The van der Waals surface area contributed by atoms with Gasteiger partial charge in [0.15, 0.2) is 5.17 Å². The first kappa shape index (κ1) is 13.8. The van der Waals surface area contributed by atoms with Crippen molar-refractivity contribution < 1.29 is 0 Å². The van der Waals surface area contributed by atoms with Crippen LogP contribution in [0.3, 0.4) is 0 Å². The van der Waals surface area contributed by atoms with Crippen molar-refractivity contribution in [2.45, 2.75) is 76.8 Å². The lowest BCUT2D eigenvalue weighted by atomic mass is 9.83. The molecule has 0 spiro atoms. The van der Waals surface area contributed by atoms with Gasteiger partial charge in [0, 0.05) is 11.8 Å². The van der Waals surface area contributed by atoms with E-state index in [-0.39, 0.29) is 0 Å². The monoisotopic (exact) mass is 280 g/mol. The summed E-state index contributed by atoms with van der Waals surface area (Å²) in [5.74, 6) is 3.05. The van der Waals surface area contributed by atoms with Crippen LogP contribution in [-0.2, 0) is 0 Å². The SMILES string of the molecule is CCC1CCCCC1NC1=NC2CCCCC2CS1. The second kappa shape index (κ2) is 6.51. The van der Waals surface area contributed by atoms with E-state index in [0.29, 0.717) is 12.1 Å². The first-order valence-corrected chi connectivity index (χ1v) is 9.32. The van der Waals surface area contributed by atoms with Crippen molar-refractivity contribution >= 4 is 16.9 Å². The average molecular weight is 280 g/mol. The largest absolute Gasteiger partial charge is 0.362 e. The number of nitrogens with one attached hydrogen (secondary N) is 1. The van der Waals surface area contributed by atoms with Crippen molar-refractivity contribution in [2.75, 3.05) is 5.75 Å². The molecule has 3 aliphatic rings. The number of hydrogen-bond acceptors (Lipinski definition) is 3. The minimum Gasteiger partial charge on any atom is -0.362 e. The van der Waals surface area contributed by atoms with Gasteiger partial charge in [-0.15, -0.1) is 0 Å². The van der Waals surface area contributed by atoms with Crippen LogP contribution in [0.15, 0.2) is 4.99 Å². The Balaban J connectivity index is 1.61. The van der Waals surface area contributed by atoms with Crippen LogP contribution in [0.2, 0.25) is 0 Å². The molecule has 4 atom stereocenters. The molecular weight excluding hydrogens is 252 g/mol. The predicted octanol–water partition coefficient (Wildman–Crippen LogP) is 4.21. The fourth-order valence-electron chi connectivity index (χ4n) is 4.05. The molecule has 2 fully saturated rings. The molecule has 2 nitrogen and oxygen atoms in total. The number of hydrogen-bond donors (Lipinski definition) is 1. The van der Waals surface area contributed by atoms with E-state index in [9.17, 15) is 0 Å². The molecule has 1 N–H and O–H groups in total. The second-order valence-corrected chi connectivity index (χ2v) is 7.57. The molecule has 0 aromatic heterocycles. The van der Waals surface area contributed by atoms with Crippen molar-refractivity contribution in [1.82, 2.24) is 5.32 Å². The van der Waals surface area contributed by atoms with Gasteiger partial charge in [-0.3, -0.25) is 4.99 Å². The Bertz CT molecular complexity index is 329. The maximum absolute atomic E-state index is 5.04. The van der Waals surface area contributed by atoms with Crippen molar-refractivity contribution in [2.24, 2.45) is 16.8 Å². The zero-order valence-corrected chi connectivity index (χ0v) is 13.1. The third-order valence-corrected chi connectivity index (χ3v) is 6.42. The summed E-state index contributed by atoms with van der Waals surface area (Å²) in [6.07, 6.45) is 12.5. The molecule has 3 rings (SSSR count). The highest BCUT2D eigenvalue weighted by Gasteiger charge is 2.31. The summed E-state index contributed by atoms with van der Waals surface area (Å²) in [7, 11) is 0. The van der Waals surface area contributed by atoms with Crippen LogP contribution >= 0.6 is 11.8 Å². The van der Waals surface area contributed by atoms with E-state index in [2.05, 4.69) is 12.2 Å². The number of thioether (sulfide) groups is 1. The van der Waals surface area contributed by atoms with Gasteiger partial charge in [0.25, 0.3) is 0 Å². The van der Waals surface area contributed by atoms with Gasteiger partial charge in [-0.2, -0.15) is 0 Å². The van der Waals surface area contributed by atoms with Crippen molar-refractivity contribution in [3.63, 3.8) is 0 Å². The van der Waals surface area contributed by atoms with E-state index in [1.165, 1.54) is 68.7 Å². The highest BCUT2D eigenvalue weighted by atomic mass is 32.2. The minimum atomic E-state index is 0.640. The molecule has 0 radical (unpaired) electrons. The number of rotatable bonds is 2.